The molecule has 0 spiro atoms. The summed E-state index contributed by atoms with van der Waals surface area (Å²) in [6.07, 6.45) is 0. The van der Waals surface area contributed by atoms with E-state index in [1.807, 2.05) is 0 Å². The summed E-state index contributed by atoms with van der Waals surface area (Å²) in [6, 6.07) is 0. The van der Waals surface area contributed by atoms with E-state index in [9.17, 15) is 0 Å². The van der Waals surface area contributed by atoms with Crippen LogP contribution >= 0.6 is 0 Å². The molecule has 0 aromatic rings. The zero-order valence-corrected chi connectivity index (χ0v) is 22.0. The van der Waals surface area contributed by atoms with E-state index in [1.165, 1.54) is 0 Å². The van der Waals surface area contributed by atoms with Crippen molar-refractivity contribution in [2.75, 3.05) is 0 Å². The van der Waals surface area contributed by atoms with Crippen LogP contribution in [0.3, 0.4) is 0 Å². The van der Waals surface area contributed by atoms with Gasteiger partial charge in [-0.15, -0.1) is 0 Å². The maximum absolute atomic E-state index is 8.52. The first kappa shape index (κ1) is 44.8. The van der Waals surface area contributed by atoms with Crippen LogP contribution in [0.15, 0.2) is 0 Å². The van der Waals surface area contributed by atoms with E-state index in [0.29, 0.717) is 0 Å². The van der Waals surface area contributed by atoms with Gasteiger partial charge in [0.2, 0.25) is 0 Å². The molecule has 0 amide bonds. The maximum Gasteiger partial charge on any atom is 2.00 e. The smallest absolute Gasteiger partial charge is 0.759 e. The normalized spacial score (nSPS) is 10.1. The second-order valence-electron chi connectivity index (χ2n) is 1.63. The summed E-state index contributed by atoms with van der Waals surface area (Å²) < 4.78 is 136. The summed E-state index contributed by atoms with van der Waals surface area (Å²) in [6.45, 7) is 0. The van der Waals surface area contributed by atoms with Gasteiger partial charge in [0.25, 0.3) is 0 Å². The Bertz CT molecular complexity index is 485. The summed E-state index contributed by atoms with van der Waals surface area (Å²) in [5, 5.41) is 0. The van der Waals surface area contributed by atoms with Gasteiger partial charge >= 0.3 is 86.0 Å². The Balaban J connectivity index is -0.0000000284. The fraction of sp³-hybridized carbons (Fsp3) is 0. The monoisotopic (exact) mass is 624 g/mol. The molecule has 0 aliphatic rings. The molecule has 23 heteroatoms. The molecule has 23 heavy (non-hydrogen) atoms. The molecule has 0 saturated carbocycles. The molecule has 0 saturated heterocycles. The maximum atomic E-state index is 8.52. The Hall–Kier alpha value is 2.64. The van der Waals surface area contributed by atoms with Crippen LogP contribution in [0.4, 0.5) is 0 Å². The fourth-order valence-electron chi connectivity index (χ4n) is 0. The third kappa shape index (κ3) is 1820. The van der Waals surface area contributed by atoms with Crippen LogP contribution < -0.4 is 68.9 Å². The fourth-order valence-corrected chi connectivity index (χ4v) is 0. The Kier molecular flexibility index (Phi) is 37.8. The minimum absolute atomic E-state index is 0. The Morgan fingerprint density at radius 3 is 0.391 bits per heavy atom. The molecule has 1 radical (unpaired) electrons. The topological polar surface area (TPSA) is 321 Å². The van der Waals surface area contributed by atoms with E-state index in [-0.39, 0.29) is 105 Å². The van der Waals surface area contributed by atoms with E-state index >= 15 is 0 Å². The van der Waals surface area contributed by atoms with Gasteiger partial charge in [-0.3, -0.25) is 33.7 Å². The van der Waals surface area contributed by atoms with Crippen molar-refractivity contribution in [3.63, 3.8) is 0 Å². The molecule has 0 bridgehead atoms. The van der Waals surface area contributed by atoms with Gasteiger partial charge in [0.05, 0.1) is 0 Å². The number of hydrogen-bond donors (Lipinski definition) is 0. The molecule has 139 valence electrons. The van der Waals surface area contributed by atoms with Crippen molar-refractivity contribution in [1.82, 2.24) is 0 Å². The van der Waals surface area contributed by atoms with Crippen molar-refractivity contribution < 1.29 is 175 Å². The SMILES string of the molecule is O=S(=O)([O-])[O-].O=S(=O)([O-])[O-].O=S(=O)([O-])[O-].O=S(=O)([O-])[O-].[Cs+].[Fe+2].[V]. The molecule has 0 atom stereocenters. The van der Waals surface area contributed by atoms with Crippen molar-refractivity contribution in [2.24, 2.45) is 0 Å². The quantitative estimate of drug-likeness (QED) is 0.137. The van der Waals surface area contributed by atoms with Gasteiger partial charge in [0.15, 0.2) is 0 Å². The van der Waals surface area contributed by atoms with Crippen molar-refractivity contribution >= 4 is 41.6 Å². The van der Waals surface area contributed by atoms with Gasteiger partial charge in [-0.25, -0.2) is 0 Å². The molecule has 0 unspecified atom stereocenters. The Morgan fingerprint density at radius 2 is 0.391 bits per heavy atom. The van der Waals surface area contributed by atoms with Gasteiger partial charge in [-0.05, 0) is 0 Å². The first-order valence-electron chi connectivity index (χ1n) is 2.67. The van der Waals surface area contributed by atoms with Gasteiger partial charge in [0, 0.05) is 60.2 Å². The number of hydrogen-bond acceptors (Lipinski definition) is 16. The van der Waals surface area contributed by atoms with E-state index in [1.54, 1.807) is 0 Å². The van der Waals surface area contributed by atoms with E-state index < -0.39 is 41.6 Å². The molecule has 0 N–H and O–H groups in total. The number of rotatable bonds is 0. The van der Waals surface area contributed by atoms with E-state index in [2.05, 4.69) is 0 Å². The second-order valence-corrected chi connectivity index (χ2v) is 4.90. The first-order valence-corrected chi connectivity index (χ1v) is 8.00. The van der Waals surface area contributed by atoms with Gasteiger partial charge < -0.3 is 36.4 Å². The first-order chi connectivity index (χ1) is 8.00. The van der Waals surface area contributed by atoms with Crippen LogP contribution in [0.1, 0.15) is 0 Å². The third-order valence-corrected chi connectivity index (χ3v) is 0. The Labute approximate surface area is 212 Å². The summed E-state index contributed by atoms with van der Waals surface area (Å²) in [7, 11) is -20.7. The molecule has 16 nitrogen and oxygen atoms in total. The van der Waals surface area contributed by atoms with E-state index in [0.717, 1.165) is 0 Å². The second kappa shape index (κ2) is 19.4. The van der Waals surface area contributed by atoms with Gasteiger partial charge in [-0.2, -0.15) is 0 Å². The zero-order chi connectivity index (χ0) is 18.0. The molecular weight excluding hydrogens is 624 g/mol. The molecule has 0 heterocycles. The van der Waals surface area contributed by atoms with Crippen LogP contribution in [-0.2, 0) is 77.2 Å². The molecule has 0 aliphatic heterocycles. The summed E-state index contributed by atoms with van der Waals surface area (Å²) >= 11 is 0. The minimum Gasteiger partial charge on any atom is -0.759 e. The predicted octanol–water partition coefficient (Wildman–Crippen LogP) is -8.35. The third-order valence-electron chi connectivity index (χ3n) is 0. The molecule has 0 fully saturated rings. The average Bonchev–Trinajstić information content (AvgIpc) is 1.62. The summed E-state index contributed by atoms with van der Waals surface area (Å²) in [5.41, 5.74) is 0. The van der Waals surface area contributed by atoms with Crippen LogP contribution in [0.2, 0.25) is 0 Å². The zero-order valence-electron chi connectivity index (χ0n) is 9.97. The van der Waals surface area contributed by atoms with Crippen molar-refractivity contribution in [3.8, 4) is 0 Å². The average molecular weight is 624 g/mol. The van der Waals surface area contributed by atoms with Gasteiger partial charge in [-0.1, -0.05) is 0 Å². The predicted molar refractivity (Wildman–Crippen MR) is 41.9 cm³/mol. The van der Waals surface area contributed by atoms with Crippen molar-refractivity contribution in [1.29, 1.82) is 0 Å². The molecule has 0 aromatic carbocycles. The molecule has 0 aromatic heterocycles. The van der Waals surface area contributed by atoms with Crippen LogP contribution in [0, 0.1) is 0 Å². The van der Waals surface area contributed by atoms with Crippen LogP contribution in [-0.4, -0.2) is 70.1 Å². The largest absolute Gasteiger partial charge is 2.00 e. The van der Waals surface area contributed by atoms with Crippen LogP contribution in [0.5, 0.6) is 0 Å². The standard InChI is InChI=1S/Cs.Fe.4H2O4S.V/c;;4*1-5(2,3)4;/h;;4*(H2,1,2,3,4);/q+1;+2;;;;;/p-8. The van der Waals surface area contributed by atoms with Crippen molar-refractivity contribution in [2.45, 2.75) is 0 Å². The van der Waals surface area contributed by atoms with Crippen molar-refractivity contribution in [3.05, 3.63) is 0 Å². The minimum atomic E-state index is -5.17. The van der Waals surface area contributed by atoms with Gasteiger partial charge in [0.1, 0.15) is 0 Å². The molecular formula is CsFeO16S4V-5. The summed E-state index contributed by atoms with van der Waals surface area (Å²) in [4.78, 5) is 0. The Morgan fingerprint density at radius 1 is 0.391 bits per heavy atom. The summed E-state index contributed by atoms with van der Waals surface area (Å²) in [5.74, 6) is 0. The van der Waals surface area contributed by atoms with Crippen LogP contribution in [0.25, 0.3) is 0 Å². The van der Waals surface area contributed by atoms with E-state index in [4.69, 9.17) is 70.1 Å². The molecule has 0 aliphatic carbocycles. The molecule has 0 rings (SSSR count).